The Labute approximate surface area is 119 Å². The standard InChI is InChI=1S/C14H20Cl2N2/c1-2-10-4-3-5-18(8-10)9-11-6-12(15)14(17)13(16)7-11/h6-7,10H,2-5,8-9,17H2,1H3. The third kappa shape index (κ3) is 3.31. The van der Waals surface area contributed by atoms with E-state index in [2.05, 4.69) is 11.8 Å². The fraction of sp³-hybridized carbons (Fsp3) is 0.571. The highest BCUT2D eigenvalue weighted by Crippen LogP contribution is 2.30. The Kier molecular flexibility index (Phi) is 4.77. The van der Waals surface area contributed by atoms with Crippen LogP contribution in [0.1, 0.15) is 31.7 Å². The summed E-state index contributed by atoms with van der Waals surface area (Å²) in [5, 5.41) is 1.11. The summed E-state index contributed by atoms with van der Waals surface area (Å²) in [6, 6.07) is 3.86. The highest BCUT2D eigenvalue weighted by atomic mass is 35.5. The van der Waals surface area contributed by atoms with Gasteiger partial charge in [-0.05, 0) is 43.0 Å². The summed E-state index contributed by atoms with van der Waals surface area (Å²) in [6.07, 6.45) is 3.91. The van der Waals surface area contributed by atoms with E-state index in [-0.39, 0.29) is 0 Å². The van der Waals surface area contributed by atoms with Gasteiger partial charge in [-0.1, -0.05) is 36.5 Å². The molecule has 18 heavy (non-hydrogen) atoms. The minimum atomic E-state index is 0.479. The van der Waals surface area contributed by atoms with Crippen LogP contribution in [-0.4, -0.2) is 18.0 Å². The molecule has 1 aliphatic heterocycles. The van der Waals surface area contributed by atoms with Crippen molar-refractivity contribution in [2.24, 2.45) is 5.92 Å². The van der Waals surface area contributed by atoms with Gasteiger partial charge in [-0.2, -0.15) is 0 Å². The highest BCUT2D eigenvalue weighted by molar-refractivity contribution is 6.38. The molecule has 0 saturated carbocycles. The zero-order valence-corrected chi connectivity index (χ0v) is 12.3. The van der Waals surface area contributed by atoms with Gasteiger partial charge in [0.2, 0.25) is 0 Å². The summed E-state index contributed by atoms with van der Waals surface area (Å²) in [5.74, 6) is 0.832. The summed E-state index contributed by atoms with van der Waals surface area (Å²) in [4.78, 5) is 2.48. The molecule has 1 aliphatic rings. The first-order valence-electron chi connectivity index (χ1n) is 6.56. The monoisotopic (exact) mass is 286 g/mol. The van der Waals surface area contributed by atoms with Crippen molar-refractivity contribution < 1.29 is 0 Å². The molecule has 4 heteroatoms. The molecule has 1 aromatic rings. The lowest BCUT2D eigenvalue weighted by Gasteiger charge is -2.32. The average Bonchev–Trinajstić information content (AvgIpc) is 2.36. The predicted octanol–water partition coefficient (Wildman–Crippen LogP) is 4.20. The van der Waals surface area contributed by atoms with Crippen LogP contribution in [0.3, 0.4) is 0 Å². The second-order valence-corrected chi connectivity index (χ2v) is 5.94. The molecule has 0 spiro atoms. The van der Waals surface area contributed by atoms with Crippen LogP contribution >= 0.6 is 23.2 Å². The van der Waals surface area contributed by atoms with Crippen LogP contribution in [0.4, 0.5) is 5.69 Å². The summed E-state index contributed by atoms with van der Waals surface area (Å²) >= 11 is 12.1. The summed E-state index contributed by atoms with van der Waals surface area (Å²) in [5.41, 5.74) is 7.38. The van der Waals surface area contributed by atoms with Gasteiger partial charge in [0.1, 0.15) is 0 Å². The van der Waals surface area contributed by atoms with Gasteiger partial charge in [0, 0.05) is 13.1 Å². The Morgan fingerprint density at radius 3 is 2.61 bits per heavy atom. The van der Waals surface area contributed by atoms with E-state index in [0.29, 0.717) is 15.7 Å². The van der Waals surface area contributed by atoms with Crippen molar-refractivity contribution in [1.82, 2.24) is 4.90 Å². The van der Waals surface area contributed by atoms with E-state index in [0.717, 1.165) is 24.6 Å². The van der Waals surface area contributed by atoms with E-state index in [4.69, 9.17) is 28.9 Å². The molecule has 0 aliphatic carbocycles. The van der Waals surface area contributed by atoms with E-state index < -0.39 is 0 Å². The Morgan fingerprint density at radius 2 is 2.00 bits per heavy atom. The van der Waals surface area contributed by atoms with E-state index >= 15 is 0 Å². The maximum atomic E-state index is 6.06. The fourth-order valence-corrected chi connectivity index (χ4v) is 3.15. The second kappa shape index (κ2) is 6.14. The zero-order valence-electron chi connectivity index (χ0n) is 10.8. The predicted molar refractivity (Wildman–Crippen MR) is 79.2 cm³/mol. The van der Waals surface area contributed by atoms with Gasteiger partial charge in [-0.15, -0.1) is 0 Å². The number of anilines is 1. The maximum Gasteiger partial charge on any atom is 0.0693 e. The molecular formula is C14H20Cl2N2. The first-order chi connectivity index (χ1) is 8.60. The Bertz CT molecular complexity index is 397. The van der Waals surface area contributed by atoms with E-state index in [1.165, 1.54) is 25.8 Å². The van der Waals surface area contributed by atoms with Crippen molar-refractivity contribution in [2.45, 2.75) is 32.7 Å². The average molecular weight is 287 g/mol. The van der Waals surface area contributed by atoms with Crippen LogP contribution in [0.2, 0.25) is 10.0 Å². The number of piperidine rings is 1. The molecule has 0 amide bonds. The van der Waals surface area contributed by atoms with Crippen LogP contribution < -0.4 is 5.73 Å². The first kappa shape index (κ1) is 14.0. The number of halogens is 2. The van der Waals surface area contributed by atoms with Gasteiger partial charge < -0.3 is 5.73 Å². The number of likely N-dealkylation sites (tertiary alicyclic amines) is 1. The zero-order chi connectivity index (χ0) is 13.1. The third-order valence-corrected chi connectivity index (χ3v) is 4.35. The van der Waals surface area contributed by atoms with E-state index in [1.807, 2.05) is 12.1 Å². The Balaban J connectivity index is 2.05. The van der Waals surface area contributed by atoms with Crippen LogP contribution in [0.25, 0.3) is 0 Å². The van der Waals surface area contributed by atoms with Crippen molar-refractivity contribution in [3.05, 3.63) is 27.7 Å². The molecule has 2 nitrogen and oxygen atoms in total. The summed E-state index contributed by atoms with van der Waals surface area (Å²) in [7, 11) is 0. The fourth-order valence-electron chi connectivity index (χ4n) is 2.61. The largest absolute Gasteiger partial charge is 0.396 e. The van der Waals surface area contributed by atoms with Crippen molar-refractivity contribution in [3.63, 3.8) is 0 Å². The molecule has 1 atom stereocenters. The molecule has 1 saturated heterocycles. The summed E-state index contributed by atoms with van der Waals surface area (Å²) in [6.45, 7) is 5.52. The number of nitrogens with two attached hydrogens (primary N) is 1. The van der Waals surface area contributed by atoms with Gasteiger partial charge >= 0.3 is 0 Å². The van der Waals surface area contributed by atoms with Crippen molar-refractivity contribution in [1.29, 1.82) is 0 Å². The molecule has 1 fully saturated rings. The van der Waals surface area contributed by atoms with E-state index in [9.17, 15) is 0 Å². The van der Waals surface area contributed by atoms with Gasteiger partial charge in [0.25, 0.3) is 0 Å². The minimum Gasteiger partial charge on any atom is -0.396 e. The Hall–Kier alpha value is -0.440. The minimum absolute atomic E-state index is 0.479. The van der Waals surface area contributed by atoms with Crippen LogP contribution in [0.15, 0.2) is 12.1 Å². The van der Waals surface area contributed by atoms with Crippen LogP contribution in [0.5, 0.6) is 0 Å². The first-order valence-corrected chi connectivity index (χ1v) is 7.31. The van der Waals surface area contributed by atoms with E-state index in [1.54, 1.807) is 0 Å². The highest BCUT2D eigenvalue weighted by Gasteiger charge is 2.18. The molecule has 2 N–H and O–H groups in total. The van der Waals surface area contributed by atoms with Crippen LogP contribution in [-0.2, 0) is 6.54 Å². The third-order valence-electron chi connectivity index (χ3n) is 3.73. The number of benzene rings is 1. The lowest BCUT2D eigenvalue weighted by molar-refractivity contribution is 0.165. The van der Waals surface area contributed by atoms with Gasteiger partial charge in [-0.25, -0.2) is 0 Å². The number of hydrogen-bond acceptors (Lipinski definition) is 2. The molecule has 0 bridgehead atoms. The van der Waals surface area contributed by atoms with Crippen molar-refractivity contribution >= 4 is 28.9 Å². The molecule has 100 valence electrons. The lowest BCUT2D eigenvalue weighted by Crippen LogP contribution is -2.34. The second-order valence-electron chi connectivity index (χ2n) is 5.12. The molecule has 1 unspecified atom stereocenters. The smallest absolute Gasteiger partial charge is 0.0693 e. The molecule has 0 radical (unpaired) electrons. The molecule has 1 aromatic carbocycles. The normalized spacial score (nSPS) is 21.2. The number of nitrogen functional groups attached to an aromatic ring is 1. The van der Waals surface area contributed by atoms with Gasteiger partial charge in [-0.3, -0.25) is 4.90 Å². The number of nitrogens with zero attached hydrogens (tertiary/aromatic N) is 1. The Morgan fingerprint density at radius 1 is 1.33 bits per heavy atom. The maximum absolute atomic E-state index is 6.06. The number of hydrogen-bond donors (Lipinski definition) is 1. The topological polar surface area (TPSA) is 29.3 Å². The van der Waals surface area contributed by atoms with Gasteiger partial charge in [0.15, 0.2) is 0 Å². The molecular weight excluding hydrogens is 267 g/mol. The van der Waals surface area contributed by atoms with Crippen molar-refractivity contribution in [2.75, 3.05) is 18.8 Å². The quantitative estimate of drug-likeness (QED) is 0.844. The SMILES string of the molecule is CCC1CCCN(Cc2cc(Cl)c(N)c(Cl)c2)C1. The lowest BCUT2D eigenvalue weighted by atomic mass is 9.95. The van der Waals surface area contributed by atoms with Crippen molar-refractivity contribution in [3.8, 4) is 0 Å². The molecule has 0 aromatic heterocycles. The summed E-state index contributed by atoms with van der Waals surface area (Å²) < 4.78 is 0. The molecule has 1 heterocycles. The van der Waals surface area contributed by atoms with Gasteiger partial charge in [0.05, 0.1) is 15.7 Å². The molecule has 2 rings (SSSR count). The van der Waals surface area contributed by atoms with Crippen LogP contribution in [0, 0.1) is 5.92 Å². The number of rotatable bonds is 3.